The van der Waals surface area contributed by atoms with E-state index in [0.717, 1.165) is 10.2 Å². The molecule has 2 aromatic carbocycles. The largest absolute Gasteiger partial charge is 0.436 e. The first-order valence-corrected chi connectivity index (χ1v) is 8.84. The number of hydrogen-bond acceptors (Lipinski definition) is 2. The lowest BCUT2D eigenvalue weighted by Gasteiger charge is -2.23. The van der Waals surface area contributed by atoms with Crippen LogP contribution in [0.5, 0.6) is 0 Å². The van der Waals surface area contributed by atoms with Gasteiger partial charge >= 0.3 is 6.18 Å². The van der Waals surface area contributed by atoms with Crippen LogP contribution < -0.4 is 4.90 Å². The van der Waals surface area contributed by atoms with Gasteiger partial charge in [0.1, 0.15) is 6.54 Å². The summed E-state index contributed by atoms with van der Waals surface area (Å²) in [6.45, 7) is 1.33. The summed E-state index contributed by atoms with van der Waals surface area (Å²) in [5.41, 5.74) is 0.443. The van der Waals surface area contributed by atoms with Gasteiger partial charge in [-0.25, -0.2) is 0 Å². The highest BCUT2D eigenvalue weighted by Crippen LogP contribution is 2.35. The Kier molecular flexibility index (Phi) is 5.74. The molecule has 1 aromatic heterocycles. The molecule has 0 N–H and O–H groups in total. The van der Waals surface area contributed by atoms with E-state index in [-0.39, 0.29) is 18.8 Å². The highest BCUT2D eigenvalue weighted by Gasteiger charge is 2.38. The number of anilines is 1. The number of halogens is 4. The SMILES string of the molecule is Cc1c(Cl)c(C(F)(F)F)nn1CC(=O)N(Cc1ccccc1)c1ccccc1. The van der Waals surface area contributed by atoms with E-state index >= 15 is 0 Å². The molecule has 0 unspecified atom stereocenters. The highest BCUT2D eigenvalue weighted by molar-refractivity contribution is 6.32. The molecular weight excluding hydrogens is 391 g/mol. The van der Waals surface area contributed by atoms with Crippen molar-refractivity contribution in [2.45, 2.75) is 26.2 Å². The first-order valence-electron chi connectivity index (χ1n) is 8.47. The number of aromatic nitrogens is 2. The molecule has 0 atom stereocenters. The van der Waals surface area contributed by atoms with Crippen molar-refractivity contribution in [3.05, 3.63) is 82.6 Å². The van der Waals surface area contributed by atoms with E-state index in [1.54, 1.807) is 24.3 Å². The lowest BCUT2D eigenvalue weighted by atomic mass is 10.2. The van der Waals surface area contributed by atoms with Crippen LogP contribution in [-0.4, -0.2) is 15.7 Å². The Labute approximate surface area is 165 Å². The molecular formula is C20H17ClF3N3O. The van der Waals surface area contributed by atoms with Crippen molar-refractivity contribution in [2.24, 2.45) is 0 Å². The molecule has 28 heavy (non-hydrogen) atoms. The zero-order valence-electron chi connectivity index (χ0n) is 14.9. The standard InChI is InChI=1S/C20H17ClF3N3O/c1-14-18(21)19(20(22,23)24)25-27(14)13-17(28)26(16-10-6-3-7-11-16)12-15-8-4-2-5-9-15/h2-11H,12-13H2,1H3. The molecule has 0 aliphatic heterocycles. The van der Waals surface area contributed by atoms with E-state index in [1.165, 1.54) is 11.8 Å². The molecule has 0 fully saturated rings. The average Bonchev–Trinajstić information content (AvgIpc) is 2.96. The van der Waals surface area contributed by atoms with E-state index in [0.29, 0.717) is 5.69 Å². The van der Waals surface area contributed by atoms with Crippen LogP contribution in [0.2, 0.25) is 5.02 Å². The van der Waals surface area contributed by atoms with Crippen LogP contribution in [-0.2, 0) is 24.1 Å². The van der Waals surface area contributed by atoms with Gasteiger partial charge in [-0.1, -0.05) is 60.1 Å². The van der Waals surface area contributed by atoms with Crippen molar-refractivity contribution in [3.8, 4) is 0 Å². The smallest absolute Gasteiger partial charge is 0.306 e. The summed E-state index contributed by atoms with van der Waals surface area (Å²) in [4.78, 5) is 14.5. The molecule has 0 aliphatic carbocycles. The first-order chi connectivity index (χ1) is 13.3. The number of para-hydroxylation sites is 1. The molecule has 0 aliphatic rings. The number of rotatable bonds is 5. The molecule has 0 radical (unpaired) electrons. The van der Waals surface area contributed by atoms with Gasteiger partial charge in [-0.15, -0.1) is 0 Å². The maximum atomic E-state index is 13.0. The molecule has 1 heterocycles. The van der Waals surface area contributed by atoms with Crippen molar-refractivity contribution in [2.75, 3.05) is 4.90 Å². The topological polar surface area (TPSA) is 38.1 Å². The van der Waals surface area contributed by atoms with Crippen LogP contribution >= 0.6 is 11.6 Å². The zero-order valence-corrected chi connectivity index (χ0v) is 15.7. The second kappa shape index (κ2) is 8.06. The minimum absolute atomic E-state index is 0.0927. The predicted molar refractivity (Wildman–Crippen MR) is 101 cm³/mol. The number of nitrogens with zero attached hydrogens (tertiary/aromatic N) is 3. The molecule has 0 spiro atoms. The summed E-state index contributed by atoms with van der Waals surface area (Å²) in [6, 6.07) is 18.3. The minimum atomic E-state index is -4.68. The summed E-state index contributed by atoms with van der Waals surface area (Å²) >= 11 is 5.78. The summed E-state index contributed by atoms with van der Waals surface area (Å²) in [5, 5.41) is 3.02. The van der Waals surface area contributed by atoms with Crippen LogP contribution in [0.1, 0.15) is 17.0 Å². The van der Waals surface area contributed by atoms with E-state index in [2.05, 4.69) is 5.10 Å². The molecule has 146 valence electrons. The van der Waals surface area contributed by atoms with Gasteiger partial charge in [0.2, 0.25) is 5.91 Å². The maximum absolute atomic E-state index is 13.0. The van der Waals surface area contributed by atoms with E-state index < -0.39 is 22.8 Å². The zero-order chi connectivity index (χ0) is 20.3. The fourth-order valence-electron chi connectivity index (χ4n) is 2.77. The van der Waals surface area contributed by atoms with E-state index in [9.17, 15) is 18.0 Å². The van der Waals surface area contributed by atoms with Gasteiger partial charge in [-0.05, 0) is 24.6 Å². The molecule has 4 nitrogen and oxygen atoms in total. The third-order valence-electron chi connectivity index (χ3n) is 4.24. The number of carbonyl (C=O) groups is 1. The first kappa shape index (κ1) is 19.9. The fraction of sp³-hybridized carbons (Fsp3) is 0.200. The van der Waals surface area contributed by atoms with Gasteiger partial charge in [0, 0.05) is 5.69 Å². The van der Waals surface area contributed by atoms with Crippen LogP contribution in [0, 0.1) is 6.92 Å². The maximum Gasteiger partial charge on any atom is 0.436 e. The number of alkyl halides is 3. The minimum Gasteiger partial charge on any atom is -0.306 e. The average molecular weight is 408 g/mol. The van der Waals surface area contributed by atoms with Crippen molar-refractivity contribution >= 4 is 23.2 Å². The quantitative estimate of drug-likeness (QED) is 0.590. The van der Waals surface area contributed by atoms with Gasteiger partial charge in [-0.3, -0.25) is 9.48 Å². The molecule has 0 saturated carbocycles. The summed E-state index contributed by atoms with van der Waals surface area (Å²) in [5.74, 6) is -0.397. The van der Waals surface area contributed by atoms with Gasteiger partial charge in [0.05, 0.1) is 17.3 Å². The summed E-state index contributed by atoms with van der Waals surface area (Å²) in [7, 11) is 0. The van der Waals surface area contributed by atoms with Gasteiger partial charge in [-0.2, -0.15) is 18.3 Å². The Morgan fingerprint density at radius 2 is 1.64 bits per heavy atom. The third kappa shape index (κ3) is 4.36. The lowest BCUT2D eigenvalue weighted by molar-refractivity contribution is -0.141. The van der Waals surface area contributed by atoms with Crippen LogP contribution in [0.15, 0.2) is 60.7 Å². The molecule has 0 saturated heterocycles. The number of hydrogen-bond donors (Lipinski definition) is 0. The van der Waals surface area contributed by atoms with Gasteiger partial charge in [0.25, 0.3) is 0 Å². The number of carbonyl (C=O) groups excluding carboxylic acids is 1. The second-order valence-electron chi connectivity index (χ2n) is 6.20. The molecule has 0 bridgehead atoms. The normalized spacial score (nSPS) is 11.5. The van der Waals surface area contributed by atoms with Crippen molar-refractivity contribution < 1.29 is 18.0 Å². The molecule has 8 heteroatoms. The van der Waals surface area contributed by atoms with E-state index in [4.69, 9.17) is 11.6 Å². The highest BCUT2D eigenvalue weighted by atomic mass is 35.5. The van der Waals surface area contributed by atoms with E-state index in [1.807, 2.05) is 36.4 Å². The van der Waals surface area contributed by atoms with Crippen LogP contribution in [0.3, 0.4) is 0 Å². The Hall–Kier alpha value is -2.80. The van der Waals surface area contributed by atoms with Gasteiger partial charge < -0.3 is 4.90 Å². The molecule has 1 amide bonds. The molecule has 3 rings (SSSR count). The van der Waals surface area contributed by atoms with Crippen molar-refractivity contribution in [3.63, 3.8) is 0 Å². The van der Waals surface area contributed by atoms with Crippen molar-refractivity contribution in [1.29, 1.82) is 0 Å². The predicted octanol–water partition coefficient (Wildman–Crippen LogP) is 5.10. The lowest BCUT2D eigenvalue weighted by Crippen LogP contribution is -2.34. The third-order valence-corrected chi connectivity index (χ3v) is 4.69. The molecule has 3 aromatic rings. The fourth-order valence-corrected chi connectivity index (χ4v) is 3.01. The monoisotopic (exact) mass is 407 g/mol. The van der Waals surface area contributed by atoms with Gasteiger partial charge in [0.15, 0.2) is 5.69 Å². The Balaban J connectivity index is 1.90. The summed E-state index contributed by atoms with van der Waals surface area (Å²) < 4.78 is 40.1. The number of amides is 1. The number of benzene rings is 2. The Bertz CT molecular complexity index is 956. The Morgan fingerprint density at radius 3 is 2.18 bits per heavy atom. The summed E-state index contributed by atoms with van der Waals surface area (Å²) in [6.07, 6.45) is -4.68. The Morgan fingerprint density at radius 1 is 1.07 bits per heavy atom. The van der Waals surface area contributed by atoms with Crippen LogP contribution in [0.4, 0.5) is 18.9 Å². The van der Waals surface area contributed by atoms with Crippen molar-refractivity contribution in [1.82, 2.24) is 9.78 Å². The van der Waals surface area contributed by atoms with Crippen LogP contribution in [0.25, 0.3) is 0 Å². The second-order valence-corrected chi connectivity index (χ2v) is 6.58.